The Morgan fingerprint density at radius 2 is 1.87 bits per heavy atom. The minimum Gasteiger partial charge on any atom is -0.439 e. The first-order valence-corrected chi connectivity index (χ1v) is 5.30. The van der Waals surface area contributed by atoms with Crippen molar-refractivity contribution in [3.05, 3.63) is 29.8 Å². The van der Waals surface area contributed by atoms with Crippen molar-refractivity contribution in [2.24, 2.45) is 0 Å². The number of hydrogen-bond donors (Lipinski definition) is 2. The van der Waals surface area contributed by atoms with Gasteiger partial charge < -0.3 is 14.9 Å². The first-order valence-electron chi connectivity index (χ1n) is 5.30. The van der Waals surface area contributed by atoms with Crippen LogP contribution in [-0.2, 0) is 6.42 Å². The molecular weight excluding hydrogens is 192 g/mol. The zero-order valence-electron chi connectivity index (χ0n) is 9.23. The number of ether oxygens (including phenoxy) is 1. The summed E-state index contributed by atoms with van der Waals surface area (Å²) < 4.78 is 5.15. The van der Waals surface area contributed by atoms with E-state index in [9.17, 15) is 10.2 Å². The molecule has 0 aromatic heterocycles. The average molecular weight is 210 g/mol. The van der Waals surface area contributed by atoms with E-state index in [0.29, 0.717) is 5.75 Å². The summed E-state index contributed by atoms with van der Waals surface area (Å²) >= 11 is 0. The second-order valence-electron chi connectivity index (χ2n) is 3.56. The fraction of sp³-hybridized carbons (Fsp3) is 0.500. The molecule has 0 radical (unpaired) electrons. The first-order chi connectivity index (χ1) is 7.09. The molecule has 0 spiro atoms. The molecule has 0 saturated carbocycles. The highest BCUT2D eigenvalue weighted by atomic mass is 16.8. The quantitative estimate of drug-likeness (QED) is 0.731. The van der Waals surface area contributed by atoms with Gasteiger partial charge in [-0.25, -0.2) is 0 Å². The van der Waals surface area contributed by atoms with Gasteiger partial charge in [0.1, 0.15) is 5.75 Å². The van der Waals surface area contributed by atoms with Gasteiger partial charge in [0, 0.05) is 6.42 Å². The molecule has 1 aromatic carbocycles. The van der Waals surface area contributed by atoms with Crippen LogP contribution >= 0.6 is 0 Å². The number of benzene rings is 1. The van der Waals surface area contributed by atoms with Gasteiger partial charge in [0.2, 0.25) is 0 Å². The highest BCUT2D eigenvalue weighted by Crippen LogP contribution is 2.23. The van der Waals surface area contributed by atoms with Crippen LogP contribution in [0.5, 0.6) is 5.75 Å². The van der Waals surface area contributed by atoms with Gasteiger partial charge in [-0.15, -0.1) is 0 Å². The van der Waals surface area contributed by atoms with Gasteiger partial charge in [-0.05, 0) is 18.1 Å². The average Bonchev–Trinajstić information content (AvgIpc) is 2.21. The summed E-state index contributed by atoms with van der Waals surface area (Å²) in [5.41, 5.74) is 1.00. The van der Waals surface area contributed by atoms with Crippen LogP contribution in [0.3, 0.4) is 0 Å². The summed E-state index contributed by atoms with van der Waals surface area (Å²) in [6.45, 7) is 3.73. The number of rotatable bonds is 5. The predicted octanol–water partition coefficient (Wildman–Crippen LogP) is 2.07. The molecule has 1 aromatic rings. The Hall–Kier alpha value is -1.06. The highest BCUT2D eigenvalue weighted by molar-refractivity contribution is 5.33. The highest BCUT2D eigenvalue weighted by Gasteiger charge is 2.23. The lowest BCUT2D eigenvalue weighted by molar-refractivity contribution is -0.293. The molecule has 0 aliphatic heterocycles. The number of hydrogen-bond acceptors (Lipinski definition) is 3. The topological polar surface area (TPSA) is 49.7 Å². The lowest BCUT2D eigenvalue weighted by Gasteiger charge is -2.22. The van der Waals surface area contributed by atoms with Gasteiger partial charge in [0.25, 0.3) is 0 Å². The number of aliphatic hydroxyl groups is 2. The third-order valence-electron chi connectivity index (χ3n) is 2.23. The lowest BCUT2D eigenvalue weighted by Crippen LogP contribution is -2.34. The Kier molecular flexibility index (Phi) is 4.12. The summed E-state index contributed by atoms with van der Waals surface area (Å²) in [7, 11) is 0. The molecule has 0 aliphatic rings. The molecule has 15 heavy (non-hydrogen) atoms. The second-order valence-corrected chi connectivity index (χ2v) is 3.56. The molecule has 0 unspecified atom stereocenters. The first kappa shape index (κ1) is 12.0. The molecular formula is C12H18O3. The molecule has 0 bridgehead atoms. The van der Waals surface area contributed by atoms with Gasteiger partial charge >= 0.3 is 5.97 Å². The van der Waals surface area contributed by atoms with Crippen molar-refractivity contribution in [2.75, 3.05) is 0 Å². The normalized spacial score (nSPS) is 11.5. The maximum atomic E-state index is 9.40. The van der Waals surface area contributed by atoms with Crippen molar-refractivity contribution in [1.29, 1.82) is 0 Å². The van der Waals surface area contributed by atoms with Crippen LogP contribution in [0.1, 0.15) is 32.3 Å². The van der Waals surface area contributed by atoms with Crippen molar-refractivity contribution in [3.8, 4) is 5.75 Å². The monoisotopic (exact) mass is 210 g/mol. The van der Waals surface area contributed by atoms with E-state index >= 15 is 0 Å². The van der Waals surface area contributed by atoms with Crippen LogP contribution in [0.2, 0.25) is 0 Å². The van der Waals surface area contributed by atoms with Crippen molar-refractivity contribution in [2.45, 2.75) is 39.1 Å². The fourth-order valence-electron chi connectivity index (χ4n) is 1.33. The predicted molar refractivity (Wildman–Crippen MR) is 58.5 cm³/mol. The SMILES string of the molecule is CCCc1ccccc1OC(O)(O)CC. The molecule has 0 saturated heterocycles. The van der Waals surface area contributed by atoms with Crippen molar-refractivity contribution in [1.82, 2.24) is 0 Å². The van der Waals surface area contributed by atoms with Crippen molar-refractivity contribution < 1.29 is 14.9 Å². The molecule has 0 heterocycles. The molecule has 2 N–H and O–H groups in total. The Labute approximate surface area is 90.3 Å². The molecule has 0 aliphatic carbocycles. The third kappa shape index (κ3) is 3.53. The van der Waals surface area contributed by atoms with E-state index in [1.54, 1.807) is 13.0 Å². The van der Waals surface area contributed by atoms with Gasteiger partial charge in [0.15, 0.2) is 0 Å². The summed E-state index contributed by atoms with van der Waals surface area (Å²) in [4.78, 5) is 0. The van der Waals surface area contributed by atoms with Gasteiger partial charge in [0.05, 0.1) is 0 Å². The lowest BCUT2D eigenvalue weighted by atomic mass is 10.1. The van der Waals surface area contributed by atoms with Gasteiger partial charge in [-0.1, -0.05) is 38.5 Å². The summed E-state index contributed by atoms with van der Waals surface area (Å²) in [6.07, 6.45) is 2.00. The number of para-hydroxylation sites is 1. The zero-order valence-corrected chi connectivity index (χ0v) is 9.23. The van der Waals surface area contributed by atoms with Crippen LogP contribution in [0.4, 0.5) is 0 Å². The van der Waals surface area contributed by atoms with E-state index in [1.807, 2.05) is 18.2 Å². The van der Waals surface area contributed by atoms with E-state index in [-0.39, 0.29) is 6.42 Å². The Balaban J connectivity index is 2.84. The largest absolute Gasteiger partial charge is 0.439 e. The van der Waals surface area contributed by atoms with Crippen LogP contribution in [0, 0.1) is 0 Å². The van der Waals surface area contributed by atoms with Crippen molar-refractivity contribution >= 4 is 0 Å². The molecule has 3 heteroatoms. The Bertz CT molecular complexity index is 307. The minimum atomic E-state index is -2.07. The minimum absolute atomic E-state index is 0.132. The van der Waals surface area contributed by atoms with E-state index < -0.39 is 5.97 Å². The van der Waals surface area contributed by atoms with Crippen LogP contribution in [-0.4, -0.2) is 16.2 Å². The molecule has 0 atom stereocenters. The van der Waals surface area contributed by atoms with E-state index in [1.165, 1.54) is 0 Å². The molecule has 0 fully saturated rings. The van der Waals surface area contributed by atoms with Gasteiger partial charge in [-0.3, -0.25) is 0 Å². The van der Waals surface area contributed by atoms with Crippen LogP contribution in [0.15, 0.2) is 24.3 Å². The maximum absolute atomic E-state index is 9.40. The number of aryl methyl sites for hydroxylation is 1. The van der Waals surface area contributed by atoms with E-state index in [2.05, 4.69) is 6.92 Å². The molecule has 84 valence electrons. The molecule has 0 amide bonds. The van der Waals surface area contributed by atoms with Crippen LogP contribution < -0.4 is 4.74 Å². The standard InChI is InChI=1S/C12H18O3/c1-3-7-10-8-5-6-9-11(10)15-12(13,14)4-2/h5-6,8-9,13-14H,3-4,7H2,1-2H3. The van der Waals surface area contributed by atoms with E-state index in [4.69, 9.17) is 4.74 Å². The summed E-state index contributed by atoms with van der Waals surface area (Å²) in [5.74, 6) is -1.52. The Morgan fingerprint density at radius 1 is 1.20 bits per heavy atom. The maximum Gasteiger partial charge on any atom is 0.321 e. The van der Waals surface area contributed by atoms with Crippen molar-refractivity contribution in [3.63, 3.8) is 0 Å². The fourth-order valence-corrected chi connectivity index (χ4v) is 1.33. The van der Waals surface area contributed by atoms with E-state index in [0.717, 1.165) is 18.4 Å². The summed E-state index contributed by atoms with van der Waals surface area (Å²) in [6, 6.07) is 7.42. The summed E-state index contributed by atoms with van der Waals surface area (Å²) in [5, 5.41) is 18.8. The smallest absolute Gasteiger partial charge is 0.321 e. The molecule has 1 rings (SSSR count). The third-order valence-corrected chi connectivity index (χ3v) is 2.23. The van der Waals surface area contributed by atoms with Crippen LogP contribution in [0.25, 0.3) is 0 Å². The Morgan fingerprint density at radius 3 is 2.47 bits per heavy atom. The van der Waals surface area contributed by atoms with Gasteiger partial charge in [-0.2, -0.15) is 0 Å². The zero-order chi connectivity index (χ0) is 11.3. The molecule has 3 nitrogen and oxygen atoms in total. The second kappa shape index (κ2) is 5.14.